The first-order chi connectivity index (χ1) is 13.4. The van der Waals surface area contributed by atoms with E-state index in [9.17, 15) is 14.0 Å². The van der Waals surface area contributed by atoms with Crippen molar-refractivity contribution in [3.63, 3.8) is 0 Å². The van der Waals surface area contributed by atoms with E-state index in [1.807, 2.05) is 30.3 Å². The number of hydrogen-bond acceptors (Lipinski definition) is 3. The van der Waals surface area contributed by atoms with Gasteiger partial charge in [-0.3, -0.25) is 9.69 Å². The zero-order valence-electron chi connectivity index (χ0n) is 14.9. The molecule has 3 aromatic rings. The van der Waals surface area contributed by atoms with Crippen LogP contribution < -0.4 is 5.32 Å². The number of para-hydroxylation sites is 1. The molecule has 0 radical (unpaired) electrons. The van der Waals surface area contributed by atoms with Gasteiger partial charge in [0.1, 0.15) is 11.4 Å². The third-order valence-electron chi connectivity index (χ3n) is 4.73. The molecule has 1 aliphatic rings. The van der Waals surface area contributed by atoms with Gasteiger partial charge < -0.3 is 5.32 Å². The molecule has 28 heavy (non-hydrogen) atoms. The second-order valence-corrected chi connectivity index (χ2v) is 7.07. The van der Waals surface area contributed by atoms with E-state index in [2.05, 4.69) is 10.4 Å². The number of carbonyl (C=O) groups excluding carboxylic acids is 2. The van der Waals surface area contributed by atoms with Crippen LogP contribution in [0.1, 0.15) is 18.2 Å². The van der Waals surface area contributed by atoms with Gasteiger partial charge >= 0.3 is 6.03 Å². The maximum atomic E-state index is 13.4. The van der Waals surface area contributed by atoms with Crippen LogP contribution in [0, 0.1) is 5.82 Å². The van der Waals surface area contributed by atoms with Crippen LogP contribution in [-0.4, -0.2) is 26.6 Å². The number of nitrogens with one attached hydrogen (secondary N) is 1. The van der Waals surface area contributed by atoms with Crippen LogP contribution in [0.5, 0.6) is 0 Å². The van der Waals surface area contributed by atoms with Gasteiger partial charge in [0.05, 0.1) is 17.9 Å². The average Bonchev–Trinajstić information content (AvgIpc) is 3.22. The number of nitrogens with zero attached hydrogens (tertiary/aromatic N) is 3. The molecule has 4 rings (SSSR count). The minimum absolute atomic E-state index is 0.0128. The monoisotopic (exact) mass is 398 g/mol. The van der Waals surface area contributed by atoms with E-state index in [0.29, 0.717) is 11.3 Å². The predicted octanol–water partition coefficient (Wildman–Crippen LogP) is 3.63. The molecular formula is C20H16ClFN4O2. The van der Waals surface area contributed by atoms with Crippen LogP contribution in [0.3, 0.4) is 0 Å². The predicted molar refractivity (Wildman–Crippen MR) is 101 cm³/mol. The molecule has 0 aliphatic carbocycles. The summed E-state index contributed by atoms with van der Waals surface area (Å²) in [6.45, 7) is 1.56. The van der Waals surface area contributed by atoms with Gasteiger partial charge in [0, 0.05) is 16.8 Å². The number of halogens is 2. The molecule has 3 amide bonds. The van der Waals surface area contributed by atoms with Crippen LogP contribution in [-0.2, 0) is 16.9 Å². The summed E-state index contributed by atoms with van der Waals surface area (Å²) in [5.74, 6) is -0.988. The first-order valence-corrected chi connectivity index (χ1v) is 8.96. The summed E-state index contributed by atoms with van der Waals surface area (Å²) in [5, 5.41) is 7.17. The Morgan fingerprint density at radius 1 is 1.14 bits per heavy atom. The van der Waals surface area contributed by atoms with Gasteiger partial charge in [-0.05, 0) is 37.3 Å². The molecule has 8 heteroatoms. The Hall–Kier alpha value is -3.19. The van der Waals surface area contributed by atoms with Gasteiger partial charge in [-0.15, -0.1) is 0 Å². The molecule has 1 N–H and O–H groups in total. The molecule has 2 heterocycles. The van der Waals surface area contributed by atoms with Gasteiger partial charge in [-0.1, -0.05) is 35.9 Å². The molecule has 0 spiro atoms. The molecule has 0 saturated carbocycles. The third kappa shape index (κ3) is 3.03. The molecule has 1 saturated heterocycles. The fraction of sp³-hybridized carbons (Fsp3) is 0.150. The summed E-state index contributed by atoms with van der Waals surface area (Å²) in [7, 11) is 0. The van der Waals surface area contributed by atoms with Crippen molar-refractivity contribution in [2.75, 3.05) is 0 Å². The van der Waals surface area contributed by atoms with Crippen LogP contribution >= 0.6 is 11.6 Å². The number of aromatic nitrogens is 2. The highest BCUT2D eigenvalue weighted by atomic mass is 35.5. The van der Waals surface area contributed by atoms with Gasteiger partial charge in [-0.25, -0.2) is 13.9 Å². The van der Waals surface area contributed by atoms with Crippen LogP contribution in [0.25, 0.3) is 5.69 Å². The summed E-state index contributed by atoms with van der Waals surface area (Å²) >= 11 is 6.11. The van der Waals surface area contributed by atoms with Crippen molar-refractivity contribution in [3.8, 4) is 5.69 Å². The van der Waals surface area contributed by atoms with Crippen molar-refractivity contribution in [3.05, 3.63) is 82.9 Å². The van der Waals surface area contributed by atoms with E-state index in [0.717, 1.165) is 16.7 Å². The highest BCUT2D eigenvalue weighted by molar-refractivity contribution is 6.32. The second kappa shape index (κ2) is 6.76. The molecular weight excluding hydrogens is 383 g/mol. The van der Waals surface area contributed by atoms with E-state index in [1.165, 1.54) is 12.1 Å². The zero-order valence-corrected chi connectivity index (χ0v) is 15.7. The quantitative estimate of drug-likeness (QED) is 0.682. The number of rotatable bonds is 4. The number of benzene rings is 2. The highest BCUT2D eigenvalue weighted by Crippen LogP contribution is 2.34. The summed E-state index contributed by atoms with van der Waals surface area (Å²) in [6.07, 6.45) is 1.76. The van der Waals surface area contributed by atoms with E-state index >= 15 is 0 Å². The van der Waals surface area contributed by atoms with Crippen molar-refractivity contribution in [2.45, 2.75) is 19.0 Å². The topological polar surface area (TPSA) is 67.2 Å². The average molecular weight is 399 g/mol. The standard InChI is InChI=1S/C20H16ClFN4O2/c1-20(16-8-7-13(22)11-17(16)21)18(27)25(19(28)23-20)12-14-9-10-26(24-14)15-5-3-2-4-6-15/h2-11H,12H2,1H3,(H,23,28). The fourth-order valence-corrected chi connectivity index (χ4v) is 3.61. The minimum Gasteiger partial charge on any atom is -0.319 e. The van der Waals surface area contributed by atoms with E-state index in [1.54, 1.807) is 23.9 Å². The van der Waals surface area contributed by atoms with Gasteiger partial charge in [0.15, 0.2) is 0 Å². The minimum atomic E-state index is -1.37. The SMILES string of the molecule is CC1(c2ccc(F)cc2Cl)NC(=O)N(Cc2ccn(-c3ccccc3)n2)C1=O. The van der Waals surface area contributed by atoms with Crippen LogP contribution in [0.15, 0.2) is 60.8 Å². The van der Waals surface area contributed by atoms with Gasteiger partial charge in [-0.2, -0.15) is 5.10 Å². The molecule has 1 unspecified atom stereocenters. The molecule has 142 valence electrons. The van der Waals surface area contributed by atoms with Crippen molar-refractivity contribution < 1.29 is 14.0 Å². The second-order valence-electron chi connectivity index (χ2n) is 6.66. The third-order valence-corrected chi connectivity index (χ3v) is 5.04. The lowest BCUT2D eigenvalue weighted by atomic mass is 9.92. The number of amides is 3. The van der Waals surface area contributed by atoms with Crippen molar-refractivity contribution in [1.82, 2.24) is 20.0 Å². The zero-order chi connectivity index (χ0) is 19.9. The Labute approximate surface area is 165 Å². The van der Waals surface area contributed by atoms with Gasteiger partial charge in [0.25, 0.3) is 5.91 Å². The Bertz CT molecular complexity index is 1070. The van der Waals surface area contributed by atoms with Crippen LogP contribution in [0.4, 0.5) is 9.18 Å². The first kappa shape index (κ1) is 18.2. The maximum absolute atomic E-state index is 13.4. The molecule has 2 aromatic carbocycles. The molecule has 1 aliphatic heterocycles. The Morgan fingerprint density at radius 3 is 2.61 bits per heavy atom. The highest BCUT2D eigenvalue weighted by Gasteiger charge is 2.50. The largest absolute Gasteiger partial charge is 0.325 e. The molecule has 1 fully saturated rings. The summed E-state index contributed by atoms with van der Waals surface area (Å²) in [5.41, 5.74) is 0.394. The lowest BCUT2D eigenvalue weighted by Crippen LogP contribution is -2.41. The fourth-order valence-electron chi connectivity index (χ4n) is 3.25. The van der Waals surface area contributed by atoms with E-state index in [-0.39, 0.29) is 11.6 Å². The summed E-state index contributed by atoms with van der Waals surface area (Å²) < 4.78 is 15.0. The number of urea groups is 1. The number of carbonyl (C=O) groups is 2. The molecule has 0 bridgehead atoms. The normalized spacial score (nSPS) is 19.2. The van der Waals surface area contributed by atoms with Gasteiger partial charge in [0.2, 0.25) is 0 Å². The lowest BCUT2D eigenvalue weighted by molar-refractivity contribution is -0.131. The number of hydrogen-bond donors (Lipinski definition) is 1. The summed E-state index contributed by atoms with van der Waals surface area (Å²) in [6, 6.07) is 14.4. The molecule has 1 aromatic heterocycles. The Morgan fingerprint density at radius 2 is 1.89 bits per heavy atom. The maximum Gasteiger partial charge on any atom is 0.325 e. The smallest absolute Gasteiger partial charge is 0.319 e. The van der Waals surface area contributed by atoms with Crippen LogP contribution in [0.2, 0.25) is 5.02 Å². The lowest BCUT2D eigenvalue weighted by Gasteiger charge is -2.23. The molecule has 6 nitrogen and oxygen atoms in total. The first-order valence-electron chi connectivity index (χ1n) is 8.58. The van der Waals surface area contributed by atoms with E-state index in [4.69, 9.17) is 11.6 Å². The Balaban J connectivity index is 1.59. The van der Waals surface area contributed by atoms with Crippen molar-refractivity contribution in [2.24, 2.45) is 0 Å². The molecule has 1 atom stereocenters. The van der Waals surface area contributed by atoms with Crippen molar-refractivity contribution >= 4 is 23.5 Å². The Kier molecular flexibility index (Phi) is 4.39. The van der Waals surface area contributed by atoms with Crippen molar-refractivity contribution in [1.29, 1.82) is 0 Å². The number of imide groups is 1. The summed E-state index contributed by atoms with van der Waals surface area (Å²) in [4.78, 5) is 26.6. The van der Waals surface area contributed by atoms with E-state index < -0.39 is 23.3 Å².